The summed E-state index contributed by atoms with van der Waals surface area (Å²) in [6.07, 6.45) is 3.23. The van der Waals surface area contributed by atoms with Crippen molar-refractivity contribution in [1.29, 1.82) is 0 Å². The molecular weight excluding hydrogens is 334 g/mol. The molecule has 7 heteroatoms. The summed E-state index contributed by atoms with van der Waals surface area (Å²) in [4.78, 5) is 28.1. The molecule has 1 amide bonds. The van der Waals surface area contributed by atoms with E-state index >= 15 is 0 Å². The Labute approximate surface area is 153 Å². The first-order valence-corrected chi connectivity index (χ1v) is 9.27. The molecular formula is C19H27N3O4. The second kappa shape index (κ2) is 8.51. The molecule has 1 aromatic rings. The summed E-state index contributed by atoms with van der Waals surface area (Å²) in [6, 6.07) is 7.20. The number of para-hydroxylation sites is 1. The molecule has 3 rings (SSSR count). The van der Waals surface area contributed by atoms with Gasteiger partial charge < -0.3 is 20.4 Å². The van der Waals surface area contributed by atoms with Crippen molar-refractivity contribution in [3.8, 4) is 0 Å². The quantitative estimate of drug-likeness (QED) is 0.642. The van der Waals surface area contributed by atoms with E-state index in [9.17, 15) is 14.7 Å². The molecule has 1 saturated carbocycles. The average Bonchev–Trinajstić information content (AvgIpc) is 3.45. The first kappa shape index (κ1) is 18.7. The highest BCUT2D eigenvalue weighted by atomic mass is 16.4. The largest absolute Gasteiger partial charge is 0.480 e. The van der Waals surface area contributed by atoms with E-state index in [-0.39, 0.29) is 25.1 Å². The van der Waals surface area contributed by atoms with E-state index in [2.05, 4.69) is 10.2 Å². The minimum absolute atomic E-state index is 0.0903. The van der Waals surface area contributed by atoms with Crippen molar-refractivity contribution >= 4 is 17.6 Å². The number of piperazine rings is 1. The normalized spacial score (nSPS) is 20.8. The van der Waals surface area contributed by atoms with Gasteiger partial charge in [0.1, 0.15) is 6.54 Å². The molecule has 0 spiro atoms. The third-order valence-electron chi connectivity index (χ3n) is 5.13. The molecule has 3 N–H and O–H groups in total. The van der Waals surface area contributed by atoms with Crippen LogP contribution in [0.3, 0.4) is 0 Å². The molecule has 0 aromatic heterocycles. The molecule has 26 heavy (non-hydrogen) atoms. The maximum absolute atomic E-state index is 13.0. The Kier molecular flexibility index (Phi) is 6.11. The fourth-order valence-corrected chi connectivity index (χ4v) is 3.54. The average molecular weight is 361 g/mol. The van der Waals surface area contributed by atoms with Crippen LogP contribution >= 0.6 is 0 Å². The van der Waals surface area contributed by atoms with Crippen LogP contribution in [-0.4, -0.2) is 77.3 Å². The van der Waals surface area contributed by atoms with Gasteiger partial charge in [0.25, 0.3) is 5.91 Å². The molecule has 2 fully saturated rings. The fraction of sp³-hybridized carbons (Fsp3) is 0.579. The Hall–Kier alpha value is -2.12. The van der Waals surface area contributed by atoms with Crippen molar-refractivity contribution in [2.45, 2.75) is 25.3 Å². The topological polar surface area (TPSA) is 93.1 Å². The Balaban J connectivity index is 1.68. The summed E-state index contributed by atoms with van der Waals surface area (Å²) in [5, 5.41) is 21.1. The summed E-state index contributed by atoms with van der Waals surface area (Å²) in [7, 11) is 0. The molecule has 1 atom stereocenters. The van der Waals surface area contributed by atoms with Gasteiger partial charge in [0, 0.05) is 44.5 Å². The number of nitrogens with zero attached hydrogens (tertiary/aromatic N) is 2. The number of aliphatic hydroxyl groups excluding tert-OH is 1. The molecule has 2 aliphatic rings. The second-order valence-electron chi connectivity index (χ2n) is 7.15. The lowest BCUT2D eigenvalue weighted by Crippen LogP contribution is -2.55. The van der Waals surface area contributed by atoms with E-state index in [4.69, 9.17) is 5.11 Å². The van der Waals surface area contributed by atoms with E-state index in [1.54, 1.807) is 24.3 Å². The first-order chi connectivity index (χ1) is 12.6. The Morgan fingerprint density at radius 1 is 1.19 bits per heavy atom. The Bertz CT molecular complexity index is 647. The molecule has 0 bridgehead atoms. The van der Waals surface area contributed by atoms with Crippen molar-refractivity contribution in [3.63, 3.8) is 0 Å². The molecule has 1 aliphatic carbocycles. The van der Waals surface area contributed by atoms with Gasteiger partial charge in [-0.1, -0.05) is 12.1 Å². The minimum Gasteiger partial charge on any atom is -0.480 e. The summed E-state index contributed by atoms with van der Waals surface area (Å²) in [5.41, 5.74) is 1.03. The molecule has 0 radical (unpaired) electrons. The number of hydrogen-bond donors (Lipinski definition) is 3. The second-order valence-corrected chi connectivity index (χ2v) is 7.15. The van der Waals surface area contributed by atoms with Crippen LogP contribution in [-0.2, 0) is 4.79 Å². The van der Waals surface area contributed by atoms with Crippen molar-refractivity contribution in [2.75, 3.05) is 44.6 Å². The number of aliphatic carboxylic acids is 1. The van der Waals surface area contributed by atoms with Gasteiger partial charge in [0.2, 0.25) is 0 Å². The third-order valence-corrected chi connectivity index (χ3v) is 5.13. The fourth-order valence-electron chi connectivity index (χ4n) is 3.54. The summed E-state index contributed by atoms with van der Waals surface area (Å²) >= 11 is 0. The van der Waals surface area contributed by atoms with Crippen molar-refractivity contribution in [2.24, 2.45) is 5.92 Å². The number of carbonyl (C=O) groups is 2. The standard InChI is InChI=1S/C19H27N3O4/c23-10-7-15-13-22(9-8-21(15)12-14-5-6-14)19(26)16-3-1-2-4-17(16)20-11-18(24)25/h1-4,14-15,20,23H,5-13H2,(H,24,25). The van der Waals surface area contributed by atoms with Crippen LogP contribution in [0.25, 0.3) is 0 Å². The highest BCUT2D eigenvalue weighted by Crippen LogP contribution is 2.31. The lowest BCUT2D eigenvalue weighted by atomic mass is 10.1. The van der Waals surface area contributed by atoms with Crippen molar-refractivity contribution in [3.05, 3.63) is 29.8 Å². The maximum Gasteiger partial charge on any atom is 0.322 e. The number of carboxylic acids is 1. The maximum atomic E-state index is 13.0. The molecule has 142 valence electrons. The van der Waals surface area contributed by atoms with Crippen LogP contribution in [0, 0.1) is 5.92 Å². The van der Waals surface area contributed by atoms with Gasteiger partial charge in [-0.15, -0.1) is 0 Å². The number of hydrogen-bond acceptors (Lipinski definition) is 5. The molecule has 1 aliphatic heterocycles. The summed E-state index contributed by atoms with van der Waals surface area (Å²) in [5.74, 6) is -0.282. The zero-order valence-corrected chi connectivity index (χ0v) is 14.9. The molecule has 1 unspecified atom stereocenters. The highest BCUT2D eigenvalue weighted by Gasteiger charge is 2.33. The monoisotopic (exact) mass is 361 g/mol. The predicted octanol–water partition coefficient (Wildman–Crippen LogP) is 1.10. The number of anilines is 1. The van der Waals surface area contributed by atoms with E-state index < -0.39 is 5.97 Å². The lowest BCUT2D eigenvalue weighted by Gasteiger charge is -2.41. The third kappa shape index (κ3) is 4.74. The smallest absolute Gasteiger partial charge is 0.322 e. The van der Waals surface area contributed by atoms with E-state index in [0.29, 0.717) is 30.8 Å². The van der Waals surface area contributed by atoms with Crippen LogP contribution in [0.1, 0.15) is 29.6 Å². The van der Waals surface area contributed by atoms with Gasteiger partial charge in [-0.3, -0.25) is 14.5 Å². The number of aliphatic hydroxyl groups is 1. The number of amides is 1. The minimum atomic E-state index is -0.969. The summed E-state index contributed by atoms with van der Waals surface area (Å²) < 4.78 is 0. The Morgan fingerprint density at radius 3 is 2.65 bits per heavy atom. The number of rotatable bonds is 8. The van der Waals surface area contributed by atoms with Gasteiger partial charge in [0.15, 0.2) is 0 Å². The van der Waals surface area contributed by atoms with Gasteiger partial charge in [-0.25, -0.2) is 0 Å². The van der Waals surface area contributed by atoms with Crippen molar-refractivity contribution < 1.29 is 19.8 Å². The number of carboxylic acid groups (broad SMARTS) is 1. The molecule has 7 nitrogen and oxygen atoms in total. The summed E-state index contributed by atoms with van der Waals surface area (Å²) in [6.45, 7) is 3.01. The molecule has 1 aromatic carbocycles. The van der Waals surface area contributed by atoms with Crippen LogP contribution in [0.15, 0.2) is 24.3 Å². The van der Waals surface area contributed by atoms with Crippen LogP contribution < -0.4 is 5.32 Å². The first-order valence-electron chi connectivity index (χ1n) is 9.27. The van der Waals surface area contributed by atoms with Crippen molar-refractivity contribution in [1.82, 2.24) is 9.80 Å². The lowest BCUT2D eigenvalue weighted by molar-refractivity contribution is -0.134. The van der Waals surface area contributed by atoms with E-state index in [0.717, 1.165) is 19.0 Å². The van der Waals surface area contributed by atoms with Gasteiger partial charge in [-0.05, 0) is 37.3 Å². The van der Waals surface area contributed by atoms with Gasteiger partial charge in [-0.2, -0.15) is 0 Å². The Morgan fingerprint density at radius 2 is 1.96 bits per heavy atom. The van der Waals surface area contributed by atoms with Crippen LogP contribution in [0.2, 0.25) is 0 Å². The number of benzene rings is 1. The highest BCUT2D eigenvalue weighted by molar-refractivity contribution is 6.00. The SMILES string of the molecule is O=C(O)CNc1ccccc1C(=O)N1CCN(CC2CC2)C(CCO)C1. The van der Waals surface area contributed by atoms with E-state index in [1.165, 1.54) is 12.8 Å². The van der Waals surface area contributed by atoms with Gasteiger partial charge >= 0.3 is 5.97 Å². The van der Waals surface area contributed by atoms with Crippen LogP contribution in [0.5, 0.6) is 0 Å². The zero-order chi connectivity index (χ0) is 18.5. The zero-order valence-electron chi connectivity index (χ0n) is 14.9. The van der Waals surface area contributed by atoms with Crippen LogP contribution in [0.4, 0.5) is 5.69 Å². The van der Waals surface area contributed by atoms with Gasteiger partial charge in [0.05, 0.1) is 5.56 Å². The molecule has 1 saturated heterocycles. The predicted molar refractivity (Wildman–Crippen MR) is 98.3 cm³/mol. The molecule has 1 heterocycles. The number of nitrogens with one attached hydrogen (secondary N) is 1. The number of carbonyl (C=O) groups excluding carboxylic acids is 1. The van der Waals surface area contributed by atoms with E-state index in [1.807, 2.05) is 4.90 Å².